The molecule has 0 aliphatic heterocycles. The summed E-state index contributed by atoms with van der Waals surface area (Å²) in [4.78, 5) is 7.06. The lowest BCUT2D eigenvalue weighted by atomic mass is 10.1. The van der Waals surface area contributed by atoms with Crippen LogP contribution in [0, 0.1) is 5.92 Å². The van der Waals surface area contributed by atoms with Gasteiger partial charge in [-0.1, -0.05) is 27.7 Å². The summed E-state index contributed by atoms with van der Waals surface area (Å²) >= 11 is 0. The van der Waals surface area contributed by atoms with E-state index in [2.05, 4.69) is 55.1 Å². The normalized spacial score (nSPS) is 11.7. The van der Waals surface area contributed by atoms with E-state index in [1.165, 1.54) is 6.42 Å². The van der Waals surface area contributed by atoms with Crippen LogP contribution in [-0.4, -0.2) is 50.1 Å². The third-order valence-corrected chi connectivity index (χ3v) is 3.16. The molecule has 0 unspecified atom stereocenters. The van der Waals surface area contributed by atoms with Gasteiger partial charge < -0.3 is 15.5 Å². The number of guanidine groups is 1. The quantitative estimate of drug-likeness (QED) is 0.257. The first-order valence-corrected chi connectivity index (χ1v) is 7.88. The van der Waals surface area contributed by atoms with Crippen molar-refractivity contribution in [2.24, 2.45) is 10.9 Å². The maximum Gasteiger partial charge on any atom is 0.191 e. The Labute approximate surface area is 143 Å². The van der Waals surface area contributed by atoms with Gasteiger partial charge in [0.25, 0.3) is 0 Å². The summed E-state index contributed by atoms with van der Waals surface area (Å²) in [6.07, 6.45) is 2.31. The fourth-order valence-corrected chi connectivity index (χ4v) is 1.85. The Kier molecular flexibility index (Phi) is 17.1. The van der Waals surface area contributed by atoms with Crippen LogP contribution in [0.4, 0.5) is 0 Å². The number of nitrogens with zero attached hydrogens (tertiary/aromatic N) is 2. The maximum absolute atomic E-state index is 4.62. The van der Waals surface area contributed by atoms with E-state index in [1.54, 1.807) is 0 Å². The van der Waals surface area contributed by atoms with E-state index in [1.807, 2.05) is 0 Å². The summed E-state index contributed by atoms with van der Waals surface area (Å²) in [6.45, 7) is 17.2. The van der Waals surface area contributed by atoms with E-state index in [4.69, 9.17) is 0 Å². The fourth-order valence-electron chi connectivity index (χ4n) is 1.85. The Balaban J connectivity index is 0. The molecular formula is C15H35IN4. The lowest BCUT2D eigenvalue weighted by Gasteiger charge is -2.17. The highest BCUT2D eigenvalue weighted by atomic mass is 127. The molecule has 0 amide bonds. The summed E-state index contributed by atoms with van der Waals surface area (Å²) in [5, 5.41) is 6.69. The lowest BCUT2D eigenvalue weighted by Crippen LogP contribution is -2.38. The molecule has 0 aliphatic carbocycles. The third-order valence-electron chi connectivity index (χ3n) is 3.16. The van der Waals surface area contributed by atoms with Gasteiger partial charge in [0.1, 0.15) is 0 Å². The molecule has 20 heavy (non-hydrogen) atoms. The minimum absolute atomic E-state index is 0. The molecule has 0 radical (unpaired) electrons. The van der Waals surface area contributed by atoms with Crippen molar-refractivity contribution in [3.63, 3.8) is 0 Å². The van der Waals surface area contributed by atoms with Gasteiger partial charge in [-0.2, -0.15) is 0 Å². The Bertz CT molecular complexity index is 228. The molecule has 0 heterocycles. The second kappa shape index (κ2) is 15.4. The first kappa shape index (κ1) is 22.2. The van der Waals surface area contributed by atoms with Crippen LogP contribution in [0.25, 0.3) is 0 Å². The molecule has 0 spiro atoms. The Morgan fingerprint density at radius 1 is 1.10 bits per heavy atom. The molecule has 0 fully saturated rings. The molecule has 122 valence electrons. The number of halogens is 1. The molecule has 0 atom stereocenters. The highest BCUT2D eigenvalue weighted by Crippen LogP contribution is 1.96. The molecule has 0 aliphatic rings. The minimum atomic E-state index is 0. The van der Waals surface area contributed by atoms with E-state index in [0.717, 1.165) is 57.6 Å². The van der Waals surface area contributed by atoms with Gasteiger partial charge in [0.15, 0.2) is 5.96 Å². The van der Waals surface area contributed by atoms with Gasteiger partial charge in [0.05, 0.1) is 0 Å². The van der Waals surface area contributed by atoms with Crippen LogP contribution in [0.1, 0.15) is 47.5 Å². The van der Waals surface area contributed by atoms with Crippen molar-refractivity contribution in [3.05, 3.63) is 0 Å². The highest BCUT2D eigenvalue weighted by Gasteiger charge is 2.00. The second-order valence-corrected chi connectivity index (χ2v) is 5.25. The van der Waals surface area contributed by atoms with E-state index in [0.29, 0.717) is 0 Å². The molecule has 0 aromatic heterocycles. The largest absolute Gasteiger partial charge is 0.357 e. The van der Waals surface area contributed by atoms with Gasteiger partial charge in [-0.25, -0.2) is 0 Å². The van der Waals surface area contributed by atoms with Crippen molar-refractivity contribution in [2.75, 3.05) is 39.3 Å². The molecule has 0 saturated heterocycles. The summed E-state index contributed by atoms with van der Waals surface area (Å²) in [5.41, 5.74) is 0. The summed E-state index contributed by atoms with van der Waals surface area (Å²) in [6, 6.07) is 0. The van der Waals surface area contributed by atoms with Gasteiger partial charge in [-0.3, -0.25) is 4.99 Å². The van der Waals surface area contributed by atoms with Gasteiger partial charge in [0, 0.05) is 19.6 Å². The predicted octanol–water partition coefficient (Wildman–Crippen LogP) is 2.94. The summed E-state index contributed by atoms with van der Waals surface area (Å²) in [5.74, 6) is 1.70. The van der Waals surface area contributed by atoms with Crippen LogP contribution in [-0.2, 0) is 0 Å². The van der Waals surface area contributed by atoms with Crippen LogP contribution in [0.15, 0.2) is 4.99 Å². The number of hydrogen-bond donors (Lipinski definition) is 2. The van der Waals surface area contributed by atoms with Gasteiger partial charge in [-0.05, 0) is 45.3 Å². The minimum Gasteiger partial charge on any atom is -0.357 e. The Morgan fingerprint density at radius 2 is 1.75 bits per heavy atom. The van der Waals surface area contributed by atoms with Crippen LogP contribution < -0.4 is 10.6 Å². The van der Waals surface area contributed by atoms with E-state index in [-0.39, 0.29) is 24.0 Å². The molecule has 0 bridgehead atoms. The van der Waals surface area contributed by atoms with Gasteiger partial charge in [-0.15, -0.1) is 24.0 Å². The molecule has 0 saturated carbocycles. The molecule has 2 N–H and O–H groups in total. The molecular weight excluding hydrogens is 363 g/mol. The monoisotopic (exact) mass is 398 g/mol. The van der Waals surface area contributed by atoms with Crippen molar-refractivity contribution >= 4 is 29.9 Å². The number of nitrogens with one attached hydrogen (secondary N) is 2. The van der Waals surface area contributed by atoms with E-state index < -0.39 is 0 Å². The van der Waals surface area contributed by atoms with Gasteiger partial charge >= 0.3 is 0 Å². The van der Waals surface area contributed by atoms with Crippen molar-refractivity contribution < 1.29 is 0 Å². The zero-order chi connectivity index (χ0) is 14.5. The maximum atomic E-state index is 4.62. The Hall–Kier alpha value is -0.0400. The first-order chi connectivity index (χ1) is 9.13. The zero-order valence-corrected chi connectivity index (χ0v) is 16.4. The first-order valence-electron chi connectivity index (χ1n) is 7.88. The average molecular weight is 398 g/mol. The summed E-state index contributed by atoms with van der Waals surface area (Å²) < 4.78 is 0. The number of rotatable bonds is 10. The standard InChI is InChI=1S/C15H34N4.HI/c1-6-16-15(18-12-10-14(4)5)17-11-9-13-19(7-2)8-3;/h14H,6-13H2,1-5H3,(H2,16,17,18);1H. The highest BCUT2D eigenvalue weighted by molar-refractivity contribution is 14.0. The van der Waals surface area contributed by atoms with Gasteiger partial charge in [0.2, 0.25) is 0 Å². The predicted molar refractivity (Wildman–Crippen MR) is 101 cm³/mol. The third kappa shape index (κ3) is 13.0. The Morgan fingerprint density at radius 3 is 2.25 bits per heavy atom. The summed E-state index contributed by atoms with van der Waals surface area (Å²) in [7, 11) is 0. The molecule has 0 rings (SSSR count). The van der Waals surface area contributed by atoms with Crippen molar-refractivity contribution in [3.8, 4) is 0 Å². The van der Waals surface area contributed by atoms with Crippen LogP contribution in [0.2, 0.25) is 0 Å². The zero-order valence-electron chi connectivity index (χ0n) is 14.0. The van der Waals surface area contributed by atoms with Crippen LogP contribution >= 0.6 is 24.0 Å². The topological polar surface area (TPSA) is 39.7 Å². The lowest BCUT2D eigenvalue weighted by molar-refractivity contribution is 0.302. The number of hydrogen-bond acceptors (Lipinski definition) is 2. The van der Waals surface area contributed by atoms with Crippen LogP contribution in [0.3, 0.4) is 0 Å². The van der Waals surface area contributed by atoms with Crippen molar-refractivity contribution in [1.29, 1.82) is 0 Å². The number of aliphatic imine (C=N–C) groups is 1. The van der Waals surface area contributed by atoms with Crippen molar-refractivity contribution in [1.82, 2.24) is 15.5 Å². The molecule has 0 aromatic carbocycles. The average Bonchev–Trinajstić information content (AvgIpc) is 2.38. The fraction of sp³-hybridized carbons (Fsp3) is 0.933. The smallest absolute Gasteiger partial charge is 0.191 e. The molecule has 0 aromatic rings. The van der Waals surface area contributed by atoms with E-state index >= 15 is 0 Å². The molecule has 5 heteroatoms. The SMILES string of the molecule is CCNC(=NCCCN(CC)CC)NCCC(C)C.I. The second-order valence-electron chi connectivity index (χ2n) is 5.25. The van der Waals surface area contributed by atoms with Crippen molar-refractivity contribution in [2.45, 2.75) is 47.5 Å². The molecule has 4 nitrogen and oxygen atoms in total. The van der Waals surface area contributed by atoms with Crippen LogP contribution in [0.5, 0.6) is 0 Å². The van der Waals surface area contributed by atoms with E-state index in [9.17, 15) is 0 Å².